The molecule has 2 amide bonds. The van der Waals surface area contributed by atoms with E-state index in [-0.39, 0.29) is 24.2 Å². The van der Waals surface area contributed by atoms with Crippen molar-refractivity contribution < 1.29 is 18.7 Å². The summed E-state index contributed by atoms with van der Waals surface area (Å²) in [6, 6.07) is 20.7. The largest absolute Gasteiger partial charge is 0.497 e. The molecule has 2 heterocycles. The number of hydrogen-bond acceptors (Lipinski definition) is 3. The minimum Gasteiger partial charge on any atom is -0.497 e. The van der Waals surface area contributed by atoms with E-state index in [0.717, 1.165) is 49.0 Å². The van der Waals surface area contributed by atoms with Crippen LogP contribution in [0.5, 0.6) is 5.75 Å². The van der Waals surface area contributed by atoms with Crippen LogP contribution >= 0.6 is 0 Å². The van der Waals surface area contributed by atoms with Crippen molar-refractivity contribution in [1.29, 1.82) is 0 Å². The van der Waals surface area contributed by atoms with E-state index in [2.05, 4.69) is 0 Å². The van der Waals surface area contributed by atoms with E-state index in [4.69, 9.17) is 4.74 Å². The molecule has 0 N–H and O–H groups in total. The summed E-state index contributed by atoms with van der Waals surface area (Å²) in [6.07, 6.45) is 3.11. The summed E-state index contributed by atoms with van der Waals surface area (Å²) in [6.45, 7) is 1.74. The number of carbonyl (C=O) groups is 2. The Morgan fingerprint density at radius 2 is 1.63 bits per heavy atom. The molecule has 0 unspecified atom stereocenters. The van der Waals surface area contributed by atoms with Crippen LogP contribution in [0, 0.1) is 5.82 Å². The maximum Gasteiger partial charge on any atom is 0.255 e. The third-order valence-corrected chi connectivity index (χ3v) is 7.10. The molecule has 180 valence electrons. The maximum atomic E-state index is 14.1. The first kappa shape index (κ1) is 23.1. The average Bonchev–Trinajstić information content (AvgIpc) is 2.91. The summed E-state index contributed by atoms with van der Waals surface area (Å²) in [4.78, 5) is 31.6. The zero-order valence-corrected chi connectivity index (χ0v) is 19.8. The van der Waals surface area contributed by atoms with Gasteiger partial charge in [-0.2, -0.15) is 0 Å². The first-order valence-electron chi connectivity index (χ1n) is 12.1. The molecule has 0 radical (unpaired) electrons. The van der Waals surface area contributed by atoms with Crippen molar-refractivity contribution in [2.75, 3.05) is 20.2 Å². The fourth-order valence-electron chi connectivity index (χ4n) is 5.30. The summed E-state index contributed by atoms with van der Waals surface area (Å²) in [5, 5.41) is 0. The van der Waals surface area contributed by atoms with Crippen LogP contribution in [0.2, 0.25) is 0 Å². The first-order valence-corrected chi connectivity index (χ1v) is 12.1. The summed E-state index contributed by atoms with van der Waals surface area (Å²) in [5.74, 6) is -0.229. The SMILES string of the molecule is COc1ccc([C@H]2[C@H](C(=O)N3CCCCC3)c3ccccc3C(=O)N2Cc2ccc(F)cc2)cc1. The molecule has 3 aromatic rings. The van der Waals surface area contributed by atoms with Crippen molar-refractivity contribution in [1.82, 2.24) is 9.80 Å². The maximum absolute atomic E-state index is 14.1. The van der Waals surface area contributed by atoms with E-state index in [9.17, 15) is 14.0 Å². The standard InChI is InChI=1S/C29H29FN2O3/c1-35-23-15-11-21(12-16-23)27-26(29(34)31-17-5-2-6-18-31)24-7-3-4-8-25(24)28(33)32(27)19-20-9-13-22(30)14-10-20/h3-4,7-16,26-27H,2,5-6,17-19H2,1H3/t26-,27+/m1/s1. The fourth-order valence-corrected chi connectivity index (χ4v) is 5.30. The highest BCUT2D eigenvalue weighted by molar-refractivity contribution is 6.01. The van der Waals surface area contributed by atoms with Gasteiger partial charge in [-0.15, -0.1) is 0 Å². The topological polar surface area (TPSA) is 49.9 Å². The lowest BCUT2D eigenvalue weighted by Crippen LogP contribution is -2.49. The van der Waals surface area contributed by atoms with E-state index >= 15 is 0 Å². The molecular weight excluding hydrogens is 443 g/mol. The number of likely N-dealkylation sites (tertiary alicyclic amines) is 1. The predicted octanol–water partition coefficient (Wildman–Crippen LogP) is 5.33. The van der Waals surface area contributed by atoms with Gasteiger partial charge in [0.2, 0.25) is 5.91 Å². The Morgan fingerprint density at radius 3 is 2.31 bits per heavy atom. The minimum atomic E-state index is -0.532. The normalized spacial score (nSPS) is 19.9. The van der Waals surface area contributed by atoms with Gasteiger partial charge >= 0.3 is 0 Å². The monoisotopic (exact) mass is 472 g/mol. The molecule has 0 saturated carbocycles. The van der Waals surface area contributed by atoms with Gasteiger partial charge in [-0.3, -0.25) is 9.59 Å². The van der Waals surface area contributed by atoms with E-state index in [1.165, 1.54) is 12.1 Å². The summed E-state index contributed by atoms with van der Waals surface area (Å²) in [5.41, 5.74) is 2.99. The molecule has 2 aliphatic heterocycles. The van der Waals surface area contributed by atoms with Gasteiger partial charge < -0.3 is 14.5 Å². The second-order valence-corrected chi connectivity index (χ2v) is 9.23. The molecule has 0 bridgehead atoms. The van der Waals surface area contributed by atoms with E-state index < -0.39 is 12.0 Å². The number of amides is 2. The predicted molar refractivity (Wildman–Crippen MR) is 132 cm³/mol. The summed E-state index contributed by atoms with van der Waals surface area (Å²) >= 11 is 0. The van der Waals surface area contributed by atoms with Gasteiger partial charge in [0.1, 0.15) is 11.6 Å². The molecule has 3 aromatic carbocycles. The average molecular weight is 473 g/mol. The lowest BCUT2D eigenvalue weighted by Gasteiger charge is -2.44. The molecule has 1 saturated heterocycles. The highest BCUT2D eigenvalue weighted by Gasteiger charge is 2.45. The number of ether oxygens (including phenoxy) is 1. The molecule has 0 aliphatic carbocycles. The van der Waals surface area contributed by atoms with Gasteiger partial charge in [-0.05, 0) is 66.3 Å². The van der Waals surface area contributed by atoms with Gasteiger partial charge in [0.05, 0.1) is 19.1 Å². The second kappa shape index (κ2) is 9.90. The van der Waals surface area contributed by atoms with Crippen LogP contribution in [0.3, 0.4) is 0 Å². The van der Waals surface area contributed by atoms with Gasteiger partial charge in [0.25, 0.3) is 5.91 Å². The number of benzene rings is 3. The Bertz CT molecular complexity index is 1200. The molecule has 35 heavy (non-hydrogen) atoms. The van der Waals surface area contributed by atoms with Crippen molar-refractivity contribution in [2.45, 2.75) is 37.8 Å². The number of methoxy groups -OCH3 is 1. The van der Waals surface area contributed by atoms with Crippen LogP contribution in [0.15, 0.2) is 72.8 Å². The Hall–Kier alpha value is -3.67. The van der Waals surface area contributed by atoms with E-state index in [0.29, 0.717) is 11.3 Å². The van der Waals surface area contributed by atoms with Gasteiger partial charge in [0.15, 0.2) is 0 Å². The van der Waals surface area contributed by atoms with Crippen molar-refractivity contribution in [3.8, 4) is 5.75 Å². The van der Waals surface area contributed by atoms with E-state index in [1.807, 2.05) is 47.4 Å². The smallest absolute Gasteiger partial charge is 0.255 e. The third-order valence-electron chi connectivity index (χ3n) is 7.10. The highest BCUT2D eigenvalue weighted by atomic mass is 19.1. The molecule has 1 fully saturated rings. The fraction of sp³-hybridized carbons (Fsp3) is 0.310. The number of carbonyl (C=O) groups excluding carboxylic acids is 2. The molecule has 6 heteroatoms. The number of halogens is 1. The Labute approximate surface area is 205 Å². The Kier molecular flexibility index (Phi) is 6.53. The zero-order chi connectivity index (χ0) is 24.4. The van der Waals surface area contributed by atoms with Crippen LogP contribution in [-0.2, 0) is 11.3 Å². The Balaban J connectivity index is 1.64. The van der Waals surface area contributed by atoms with E-state index in [1.54, 1.807) is 30.2 Å². The number of fused-ring (bicyclic) bond motifs is 1. The van der Waals surface area contributed by atoms with Crippen LogP contribution in [0.25, 0.3) is 0 Å². The van der Waals surface area contributed by atoms with Crippen LogP contribution < -0.4 is 4.74 Å². The quantitative estimate of drug-likeness (QED) is 0.505. The molecule has 0 aromatic heterocycles. The number of piperidine rings is 1. The second-order valence-electron chi connectivity index (χ2n) is 9.23. The van der Waals surface area contributed by atoms with Gasteiger partial charge in [-0.25, -0.2) is 4.39 Å². The Morgan fingerprint density at radius 1 is 0.943 bits per heavy atom. The molecule has 2 aliphatic rings. The number of hydrogen-bond donors (Lipinski definition) is 0. The highest BCUT2D eigenvalue weighted by Crippen LogP contribution is 2.45. The summed E-state index contributed by atoms with van der Waals surface area (Å²) < 4.78 is 18.9. The first-order chi connectivity index (χ1) is 17.1. The van der Waals surface area contributed by atoms with Crippen molar-refractivity contribution in [3.63, 3.8) is 0 Å². The van der Waals surface area contributed by atoms with Crippen molar-refractivity contribution in [3.05, 3.63) is 101 Å². The zero-order valence-electron chi connectivity index (χ0n) is 19.8. The lowest BCUT2D eigenvalue weighted by atomic mass is 9.78. The van der Waals surface area contributed by atoms with Gasteiger partial charge in [-0.1, -0.05) is 42.5 Å². The van der Waals surface area contributed by atoms with Crippen LogP contribution in [-0.4, -0.2) is 41.8 Å². The van der Waals surface area contributed by atoms with Crippen molar-refractivity contribution >= 4 is 11.8 Å². The summed E-state index contributed by atoms with van der Waals surface area (Å²) in [7, 11) is 1.61. The molecule has 2 atom stereocenters. The third kappa shape index (κ3) is 4.53. The van der Waals surface area contributed by atoms with Crippen LogP contribution in [0.1, 0.15) is 58.3 Å². The van der Waals surface area contributed by atoms with Crippen molar-refractivity contribution in [2.24, 2.45) is 0 Å². The molecule has 5 nitrogen and oxygen atoms in total. The number of rotatable bonds is 5. The van der Waals surface area contributed by atoms with Crippen LogP contribution in [0.4, 0.5) is 4.39 Å². The minimum absolute atomic E-state index is 0.0505. The molecular formula is C29H29FN2O3. The molecule has 0 spiro atoms. The number of nitrogens with zero attached hydrogens (tertiary/aromatic N) is 2. The van der Waals surface area contributed by atoms with Gasteiger partial charge in [0, 0.05) is 25.2 Å². The molecule has 5 rings (SSSR count). The lowest BCUT2D eigenvalue weighted by molar-refractivity contribution is -0.135.